The predicted molar refractivity (Wildman–Crippen MR) is 133 cm³/mol. The second kappa shape index (κ2) is 11.8. The van der Waals surface area contributed by atoms with Gasteiger partial charge in [-0.25, -0.2) is 19.6 Å². The summed E-state index contributed by atoms with van der Waals surface area (Å²) >= 11 is 0. The standard InChI is InChI=1S/2C13H12N2O4/c2*1-15-12(17)10(7-16)11(14-15)8-3-5-9(6-4-8)13(18)19-2/h2*3-7,10H,1-2H3. The van der Waals surface area contributed by atoms with Crippen LogP contribution in [-0.2, 0) is 28.7 Å². The summed E-state index contributed by atoms with van der Waals surface area (Å²) in [6.07, 6.45) is 1.14. The fraction of sp³-hybridized carbons (Fsp3) is 0.231. The van der Waals surface area contributed by atoms with Crippen LogP contribution in [0.2, 0.25) is 0 Å². The molecule has 0 bridgehead atoms. The van der Waals surface area contributed by atoms with Gasteiger partial charge in [0.1, 0.15) is 24.4 Å². The molecule has 4 rings (SSSR count). The van der Waals surface area contributed by atoms with Crippen LogP contribution in [0.3, 0.4) is 0 Å². The van der Waals surface area contributed by atoms with Gasteiger partial charge >= 0.3 is 11.9 Å². The number of esters is 2. The smallest absolute Gasteiger partial charge is 0.337 e. The van der Waals surface area contributed by atoms with Gasteiger partial charge in [-0.15, -0.1) is 0 Å². The van der Waals surface area contributed by atoms with Crippen molar-refractivity contribution in [1.29, 1.82) is 0 Å². The average molecular weight is 520 g/mol. The number of methoxy groups -OCH3 is 2. The first-order valence-electron chi connectivity index (χ1n) is 11.2. The Labute approximate surface area is 217 Å². The van der Waals surface area contributed by atoms with Gasteiger partial charge in [-0.3, -0.25) is 9.59 Å². The Bertz CT molecular complexity index is 1230. The van der Waals surface area contributed by atoms with Gasteiger partial charge in [0, 0.05) is 14.1 Å². The number of aldehydes is 2. The number of amides is 2. The van der Waals surface area contributed by atoms with Crippen LogP contribution in [0, 0.1) is 11.8 Å². The van der Waals surface area contributed by atoms with E-state index in [-0.39, 0.29) is 11.8 Å². The number of rotatable bonds is 6. The van der Waals surface area contributed by atoms with Crippen LogP contribution in [0.5, 0.6) is 0 Å². The van der Waals surface area contributed by atoms with E-state index in [1.54, 1.807) is 48.5 Å². The molecule has 196 valence electrons. The van der Waals surface area contributed by atoms with Crippen molar-refractivity contribution in [2.75, 3.05) is 28.3 Å². The van der Waals surface area contributed by atoms with E-state index in [1.165, 1.54) is 28.3 Å². The van der Waals surface area contributed by atoms with E-state index in [1.807, 2.05) is 0 Å². The Hall–Kier alpha value is -5.00. The number of hydrazone groups is 2. The van der Waals surface area contributed by atoms with Crippen molar-refractivity contribution < 1.29 is 38.2 Å². The van der Waals surface area contributed by atoms with Gasteiger partial charge in [-0.2, -0.15) is 10.2 Å². The second-order valence-electron chi connectivity index (χ2n) is 8.06. The van der Waals surface area contributed by atoms with E-state index in [4.69, 9.17) is 0 Å². The van der Waals surface area contributed by atoms with Crippen molar-refractivity contribution in [1.82, 2.24) is 10.0 Å². The average Bonchev–Trinajstić information content (AvgIpc) is 3.41. The molecular weight excluding hydrogens is 496 g/mol. The molecule has 38 heavy (non-hydrogen) atoms. The molecule has 0 aromatic heterocycles. The van der Waals surface area contributed by atoms with Crippen LogP contribution in [0.4, 0.5) is 0 Å². The van der Waals surface area contributed by atoms with E-state index in [0.717, 1.165) is 10.0 Å². The molecule has 2 atom stereocenters. The summed E-state index contributed by atoms with van der Waals surface area (Å²) in [5.41, 5.74) is 2.82. The number of benzene rings is 2. The molecule has 2 aromatic carbocycles. The van der Waals surface area contributed by atoms with Crippen LogP contribution in [-0.4, -0.2) is 86.1 Å². The number of nitrogens with zero attached hydrogens (tertiary/aromatic N) is 4. The number of carbonyl (C=O) groups is 6. The van der Waals surface area contributed by atoms with Crippen LogP contribution >= 0.6 is 0 Å². The topological polar surface area (TPSA) is 152 Å². The van der Waals surface area contributed by atoms with E-state index in [9.17, 15) is 28.8 Å². The molecule has 0 saturated heterocycles. The molecule has 0 saturated carbocycles. The zero-order chi connectivity index (χ0) is 28.0. The van der Waals surface area contributed by atoms with Gasteiger partial charge in [0.05, 0.1) is 36.8 Å². The maximum atomic E-state index is 11.6. The lowest BCUT2D eigenvalue weighted by molar-refractivity contribution is -0.133. The molecule has 2 heterocycles. The summed E-state index contributed by atoms with van der Waals surface area (Å²) < 4.78 is 9.18. The minimum Gasteiger partial charge on any atom is -0.465 e. The van der Waals surface area contributed by atoms with Crippen molar-refractivity contribution in [2.45, 2.75) is 0 Å². The molecule has 2 aliphatic heterocycles. The van der Waals surface area contributed by atoms with E-state index < -0.39 is 23.8 Å². The quantitative estimate of drug-likeness (QED) is 0.310. The summed E-state index contributed by atoms with van der Waals surface area (Å²) in [5, 5.41) is 10.4. The lowest BCUT2D eigenvalue weighted by atomic mass is 9.97. The molecular formula is C26H24N4O8. The summed E-state index contributed by atoms with van der Waals surface area (Å²) in [4.78, 5) is 67.8. The Morgan fingerprint density at radius 2 is 1.00 bits per heavy atom. The minimum absolute atomic E-state index is 0.359. The largest absolute Gasteiger partial charge is 0.465 e. The van der Waals surface area contributed by atoms with Crippen molar-refractivity contribution in [3.8, 4) is 0 Å². The Morgan fingerprint density at radius 1 is 0.684 bits per heavy atom. The molecule has 0 fully saturated rings. The summed E-state index contributed by atoms with van der Waals surface area (Å²) in [6.45, 7) is 0. The molecule has 12 nitrogen and oxygen atoms in total. The summed E-state index contributed by atoms with van der Waals surface area (Å²) in [7, 11) is 5.59. The van der Waals surface area contributed by atoms with E-state index in [0.29, 0.717) is 46.2 Å². The molecule has 0 spiro atoms. The highest BCUT2D eigenvalue weighted by molar-refractivity contribution is 6.24. The third kappa shape index (κ3) is 5.53. The maximum Gasteiger partial charge on any atom is 0.337 e. The fourth-order valence-corrected chi connectivity index (χ4v) is 3.69. The normalized spacial score (nSPS) is 18.2. The predicted octanol–water partition coefficient (Wildman–Crippen LogP) is 0.929. The van der Waals surface area contributed by atoms with Crippen molar-refractivity contribution >= 4 is 47.7 Å². The van der Waals surface area contributed by atoms with Gasteiger partial charge in [0.15, 0.2) is 0 Å². The first-order valence-corrected chi connectivity index (χ1v) is 11.2. The van der Waals surface area contributed by atoms with Crippen molar-refractivity contribution in [2.24, 2.45) is 22.0 Å². The third-order valence-corrected chi connectivity index (χ3v) is 5.75. The van der Waals surface area contributed by atoms with E-state index in [2.05, 4.69) is 19.7 Å². The zero-order valence-corrected chi connectivity index (χ0v) is 21.0. The molecule has 2 aromatic rings. The lowest BCUT2D eigenvalue weighted by Gasteiger charge is -2.04. The molecule has 0 aliphatic carbocycles. The van der Waals surface area contributed by atoms with Gasteiger partial charge in [-0.1, -0.05) is 24.3 Å². The molecule has 12 heteroatoms. The maximum absolute atomic E-state index is 11.6. The van der Waals surface area contributed by atoms with Crippen molar-refractivity contribution in [3.63, 3.8) is 0 Å². The summed E-state index contributed by atoms with van der Waals surface area (Å²) in [6, 6.07) is 12.8. The highest BCUT2D eigenvalue weighted by Gasteiger charge is 2.35. The van der Waals surface area contributed by atoms with E-state index >= 15 is 0 Å². The summed E-state index contributed by atoms with van der Waals surface area (Å²) in [5.74, 6) is -3.37. The Kier molecular flexibility index (Phi) is 8.58. The Balaban J connectivity index is 0.000000211. The number of hydrogen-bond acceptors (Lipinski definition) is 10. The van der Waals surface area contributed by atoms with Crippen molar-refractivity contribution in [3.05, 3.63) is 70.8 Å². The van der Waals surface area contributed by atoms with Crippen LogP contribution in [0.1, 0.15) is 31.8 Å². The van der Waals surface area contributed by atoms with Crippen LogP contribution < -0.4 is 0 Å². The third-order valence-electron chi connectivity index (χ3n) is 5.75. The molecule has 2 unspecified atom stereocenters. The number of carbonyl (C=O) groups excluding carboxylic acids is 6. The lowest BCUT2D eigenvalue weighted by Crippen LogP contribution is -2.26. The second-order valence-corrected chi connectivity index (χ2v) is 8.06. The van der Waals surface area contributed by atoms with Gasteiger partial charge in [0.2, 0.25) is 0 Å². The number of ether oxygens (including phenoxy) is 2. The zero-order valence-electron chi connectivity index (χ0n) is 21.0. The molecule has 0 radical (unpaired) electrons. The Morgan fingerprint density at radius 3 is 1.26 bits per heavy atom. The highest BCUT2D eigenvalue weighted by Crippen LogP contribution is 2.20. The first kappa shape index (κ1) is 27.6. The number of hydrogen-bond donors (Lipinski definition) is 0. The van der Waals surface area contributed by atoms with Gasteiger partial charge in [-0.05, 0) is 35.4 Å². The molecule has 2 amide bonds. The van der Waals surface area contributed by atoms with Gasteiger partial charge in [0.25, 0.3) is 11.8 Å². The van der Waals surface area contributed by atoms with Crippen LogP contribution in [0.25, 0.3) is 0 Å². The van der Waals surface area contributed by atoms with Gasteiger partial charge < -0.3 is 19.1 Å². The van der Waals surface area contributed by atoms with Crippen LogP contribution in [0.15, 0.2) is 58.7 Å². The first-order chi connectivity index (χ1) is 18.2. The fourth-order valence-electron chi connectivity index (χ4n) is 3.69. The minimum atomic E-state index is -0.881. The highest BCUT2D eigenvalue weighted by atomic mass is 16.5. The SMILES string of the molecule is COC(=O)c1ccc(C2=NN(C)C(=O)C2C=O)cc1.COC(=O)c1ccc(C2=NN(C)C(=O)C2C=O)cc1. The monoisotopic (exact) mass is 520 g/mol. The molecule has 2 aliphatic rings. The molecule has 0 N–H and O–H groups in total.